The summed E-state index contributed by atoms with van der Waals surface area (Å²) < 4.78 is 19.7. The summed E-state index contributed by atoms with van der Waals surface area (Å²) in [6.45, 7) is 0. The predicted octanol–water partition coefficient (Wildman–Crippen LogP) is 2.46. The van der Waals surface area contributed by atoms with Gasteiger partial charge in [0.15, 0.2) is 11.2 Å². The second-order valence-corrected chi connectivity index (χ2v) is 5.80. The summed E-state index contributed by atoms with van der Waals surface area (Å²) in [6, 6.07) is 10.7. The van der Waals surface area contributed by atoms with E-state index in [1.165, 1.54) is 36.2 Å². The molecule has 0 spiro atoms. The molecule has 2 aromatic heterocycles. The molecule has 0 radical (unpaired) electrons. The van der Waals surface area contributed by atoms with Gasteiger partial charge >= 0.3 is 5.97 Å². The van der Waals surface area contributed by atoms with Gasteiger partial charge in [-0.25, -0.2) is 14.2 Å². The van der Waals surface area contributed by atoms with Crippen LogP contribution in [0.25, 0.3) is 16.9 Å². The van der Waals surface area contributed by atoms with Gasteiger partial charge in [-0.15, -0.1) is 5.10 Å². The fraction of sp³-hybridized carbons (Fsp3) is 0.0556. The molecule has 0 fully saturated rings. The molecule has 4 rings (SSSR count). The Labute approximate surface area is 158 Å². The van der Waals surface area contributed by atoms with Gasteiger partial charge in [-0.05, 0) is 36.4 Å². The fourth-order valence-electron chi connectivity index (χ4n) is 2.62. The first-order chi connectivity index (χ1) is 13.5. The number of nitrogens with zero attached hydrogens (tertiary/aromatic N) is 5. The number of hydrogen-bond acceptors (Lipinski definition) is 8. The highest BCUT2D eigenvalue weighted by molar-refractivity contribution is 5.96. The lowest BCUT2D eigenvalue weighted by Crippen LogP contribution is -2.07. The maximum absolute atomic E-state index is 13.5. The van der Waals surface area contributed by atoms with Crippen LogP contribution in [-0.4, -0.2) is 38.0 Å². The number of carbonyl (C=O) groups excluding carboxylic acids is 1. The third kappa shape index (κ3) is 3.18. The summed E-state index contributed by atoms with van der Waals surface area (Å²) in [5, 5.41) is 11.0. The van der Waals surface area contributed by atoms with Gasteiger partial charge in [0.05, 0.1) is 24.6 Å². The Morgan fingerprint density at radius 3 is 2.89 bits per heavy atom. The van der Waals surface area contributed by atoms with Crippen molar-refractivity contribution in [3.8, 4) is 5.69 Å². The predicted molar refractivity (Wildman–Crippen MR) is 99.9 cm³/mol. The number of fused-ring (bicyclic) bond motifs is 1. The number of halogens is 1. The Bertz CT molecular complexity index is 1190. The Kier molecular flexibility index (Phi) is 4.28. The van der Waals surface area contributed by atoms with Crippen LogP contribution in [0.4, 0.5) is 21.7 Å². The first kappa shape index (κ1) is 17.3. The standard InChI is InChI=1S/C18H14FN7O2/c1-28-17(27)13-8-11(5-6-14(13)20)22-18-21-9-15-16(23-18)26(25-24-15)12-4-2-3-10(19)7-12/h2-9H,20H2,1H3,(H,21,22,23). The topological polar surface area (TPSA) is 121 Å². The van der Waals surface area contributed by atoms with Gasteiger partial charge < -0.3 is 15.8 Å². The Hall–Kier alpha value is -4.08. The number of benzene rings is 2. The highest BCUT2D eigenvalue weighted by atomic mass is 19.1. The van der Waals surface area contributed by atoms with E-state index in [0.29, 0.717) is 28.2 Å². The van der Waals surface area contributed by atoms with E-state index in [4.69, 9.17) is 10.5 Å². The molecule has 0 aliphatic rings. The molecule has 2 aromatic carbocycles. The molecule has 28 heavy (non-hydrogen) atoms. The number of aromatic nitrogens is 5. The molecule has 3 N–H and O–H groups in total. The first-order valence-electron chi connectivity index (χ1n) is 8.14. The molecule has 0 atom stereocenters. The maximum atomic E-state index is 13.5. The van der Waals surface area contributed by atoms with Crippen molar-refractivity contribution in [2.45, 2.75) is 0 Å². The van der Waals surface area contributed by atoms with Crippen molar-refractivity contribution in [1.29, 1.82) is 0 Å². The second kappa shape index (κ2) is 6.91. The van der Waals surface area contributed by atoms with Crippen molar-refractivity contribution in [1.82, 2.24) is 25.0 Å². The van der Waals surface area contributed by atoms with Crippen molar-refractivity contribution in [3.05, 3.63) is 60.0 Å². The molecule has 0 saturated carbocycles. The molecular formula is C18H14FN7O2. The van der Waals surface area contributed by atoms with Crippen LogP contribution in [0.3, 0.4) is 0 Å². The van der Waals surface area contributed by atoms with Crippen LogP contribution in [-0.2, 0) is 4.74 Å². The van der Waals surface area contributed by atoms with Gasteiger partial charge in [-0.1, -0.05) is 11.3 Å². The van der Waals surface area contributed by atoms with Gasteiger partial charge in [0.1, 0.15) is 5.82 Å². The van der Waals surface area contributed by atoms with Crippen LogP contribution in [0.5, 0.6) is 0 Å². The second-order valence-electron chi connectivity index (χ2n) is 5.80. The van der Waals surface area contributed by atoms with Crippen LogP contribution >= 0.6 is 0 Å². The highest BCUT2D eigenvalue weighted by Gasteiger charge is 2.13. The average Bonchev–Trinajstić information content (AvgIpc) is 3.12. The van der Waals surface area contributed by atoms with Crippen LogP contribution in [0.1, 0.15) is 10.4 Å². The molecule has 0 unspecified atom stereocenters. The van der Waals surface area contributed by atoms with Gasteiger partial charge in [0, 0.05) is 11.4 Å². The smallest absolute Gasteiger partial charge is 0.340 e. The lowest BCUT2D eigenvalue weighted by molar-refractivity contribution is 0.0602. The minimum Gasteiger partial charge on any atom is -0.465 e. The number of rotatable bonds is 4. The van der Waals surface area contributed by atoms with Gasteiger partial charge in [0.2, 0.25) is 5.95 Å². The first-order valence-corrected chi connectivity index (χ1v) is 8.14. The summed E-state index contributed by atoms with van der Waals surface area (Å²) in [4.78, 5) is 20.4. The molecule has 10 heteroatoms. The Morgan fingerprint density at radius 1 is 1.25 bits per heavy atom. The summed E-state index contributed by atoms with van der Waals surface area (Å²) in [6.07, 6.45) is 1.49. The number of nitrogens with one attached hydrogen (secondary N) is 1. The summed E-state index contributed by atoms with van der Waals surface area (Å²) in [7, 11) is 1.28. The number of esters is 1. The number of carbonyl (C=O) groups is 1. The van der Waals surface area contributed by atoms with E-state index in [2.05, 4.69) is 25.6 Å². The van der Waals surface area contributed by atoms with E-state index >= 15 is 0 Å². The molecule has 0 amide bonds. The van der Waals surface area contributed by atoms with Crippen molar-refractivity contribution in [2.75, 3.05) is 18.2 Å². The molecule has 4 aromatic rings. The molecule has 2 heterocycles. The fourth-order valence-corrected chi connectivity index (χ4v) is 2.62. The van der Waals surface area contributed by atoms with Crippen LogP contribution in [0, 0.1) is 5.82 Å². The zero-order valence-electron chi connectivity index (χ0n) is 14.6. The van der Waals surface area contributed by atoms with Crippen LogP contribution < -0.4 is 11.1 Å². The average molecular weight is 379 g/mol. The van der Waals surface area contributed by atoms with Crippen molar-refractivity contribution in [2.24, 2.45) is 0 Å². The van der Waals surface area contributed by atoms with Crippen molar-refractivity contribution >= 4 is 34.5 Å². The number of anilines is 3. The summed E-state index contributed by atoms with van der Waals surface area (Å²) in [5.41, 5.74) is 8.18. The number of nitrogen functional groups attached to an aromatic ring is 1. The molecule has 0 aliphatic carbocycles. The van der Waals surface area contributed by atoms with E-state index in [1.807, 2.05) is 0 Å². The SMILES string of the molecule is COC(=O)c1cc(Nc2ncc3nnn(-c4cccc(F)c4)c3n2)ccc1N. The largest absolute Gasteiger partial charge is 0.465 e. The Morgan fingerprint density at radius 2 is 2.11 bits per heavy atom. The van der Waals surface area contributed by atoms with Crippen LogP contribution in [0.2, 0.25) is 0 Å². The third-order valence-corrected chi connectivity index (χ3v) is 3.96. The lowest BCUT2D eigenvalue weighted by Gasteiger charge is -2.09. The quantitative estimate of drug-likeness (QED) is 0.410. The third-order valence-electron chi connectivity index (χ3n) is 3.96. The van der Waals surface area contributed by atoms with E-state index in [1.54, 1.807) is 24.3 Å². The molecule has 0 bridgehead atoms. The minimum absolute atomic E-state index is 0.222. The van der Waals surface area contributed by atoms with E-state index in [0.717, 1.165) is 0 Å². The molecule has 0 saturated heterocycles. The van der Waals surface area contributed by atoms with Crippen molar-refractivity contribution in [3.63, 3.8) is 0 Å². The Balaban J connectivity index is 1.71. The summed E-state index contributed by atoms with van der Waals surface area (Å²) in [5.74, 6) is -0.704. The maximum Gasteiger partial charge on any atom is 0.340 e. The van der Waals surface area contributed by atoms with Crippen LogP contribution in [0.15, 0.2) is 48.7 Å². The number of ether oxygens (including phenoxy) is 1. The molecular weight excluding hydrogens is 365 g/mol. The molecule has 0 aliphatic heterocycles. The monoisotopic (exact) mass is 379 g/mol. The van der Waals surface area contributed by atoms with Gasteiger partial charge in [-0.3, -0.25) is 0 Å². The number of nitrogens with two attached hydrogens (primary N) is 1. The van der Waals surface area contributed by atoms with Crippen molar-refractivity contribution < 1.29 is 13.9 Å². The van der Waals surface area contributed by atoms with E-state index in [-0.39, 0.29) is 11.5 Å². The zero-order valence-corrected chi connectivity index (χ0v) is 14.6. The summed E-state index contributed by atoms with van der Waals surface area (Å²) >= 11 is 0. The zero-order chi connectivity index (χ0) is 19.7. The van der Waals surface area contributed by atoms with Gasteiger partial charge in [0.25, 0.3) is 0 Å². The molecule has 9 nitrogen and oxygen atoms in total. The number of methoxy groups -OCH3 is 1. The minimum atomic E-state index is -0.550. The molecule has 140 valence electrons. The lowest BCUT2D eigenvalue weighted by atomic mass is 10.1. The highest BCUT2D eigenvalue weighted by Crippen LogP contribution is 2.22. The van der Waals surface area contributed by atoms with E-state index < -0.39 is 11.8 Å². The van der Waals surface area contributed by atoms with Gasteiger partial charge in [-0.2, -0.15) is 9.67 Å². The normalized spacial score (nSPS) is 10.8. The van der Waals surface area contributed by atoms with E-state index in [9.17, 15) is 9.18 Å². The number of hydrogen-bond donors (Lipinski definition) is 2.